The van der Waals surface area contributed by atoms with E-state index in [1.807, 2.05) is 11.9 Å². The average Bonchev–Trinajstić information content (AvgIpc) is 2.25. The minimum Gasteiger partial charge on any atom is -0.344 e. The summed E-state index contributed by atoms with van der Waals surface area (Å²) in [6.07, 6.45) is 2.51. The summed E-state index contributed by atoms with van der Waals surface area (Å²) in [5, 5.41) is 3.17. The lowest BCUT2D eigenvalue weighted by atomic mass is 9.98. The van der Waals surface area contributed by atoms with Crippen LogP contribution in [0.15, 0.2) is 0 Å². The maximum Gasteiger partial charge on any atom is 0.236 e. The molecule has 0 aromatic heterocycles. The van der Waals surface area contributed by atoms with Gasteiger partial charge in [0.05, 0.1) is 6.54 Å². The van der Waals surface area contributed by atoms with Gasteiger partial charge in [-0.2, -0.15) is 0 Å². The maximum atomic E-state index is 11.9. The third-order valence-corrected chi connectivity index (χ3v) is 3.34. The van der Waals surface area contributed by atoms with Crippen molar-refractivity contribution >= 4 is 5.91 Å². The second kappa shape index (κ2) is 6.97. The number of nitrogens with one attached hydrogen (secondary N) is 1. The molecule has 1 aliphatic heterocycles. The smallest absolute Gasteiger partial charge is 0.236 e. The summed E-state index contributed by atoms with van der Waals surface area (Å²) < 4.78 is 0. The van der Waals surface area contributed by atoms with Gasteiger partial charge in [0.15, 0.2) is 0 Å². The first kappa shape index (κ1) is 14.5. The Morgan fingerprint density at radius 3 is 2.82 bits per heavy atom. The van der Waals surface area contributed by atoms with Crippen LogP contribution >= 0.6 is 0 Å². The summed E-state index contributed by atoms with van der Waals surface area (Å²) in [4.78, 5) is 16.1. The highest BCUT2D eigenvalue weighted by molar-refractivity contribution is 5.77. The predicted molar refractivity (Wildman–Crippen MR) is 71.0 cm³/mol. The molecule has 0 radical (unpaired) electrons. The molecular formula is C13H27N3O. The van der Waals surface area contributed by atoms with Gasteiger partial charge in [-0.25, -0.2) is 0 Å². The van der Waals surface area contributed by atoms with Crippen LogP contribution in [-0.2, 0) is 4.79 Å². The van der Waals surface area contributed by atoms with Gasteiger partial charge in [0.25, 0.3) is 0 Å². The minimum atomic E-state index is 0.201. The van der Waals surface area contributed by atoms with Crippen LogP contribution in [0.5, 0.6) is 0 Å². The molecule has 1 aliphatic rings. The van der Waals surface area contributed by atoms with E-state index in [2.05, 4.69) is 31.1 Å². The molecule has 0 saturated carbocycles. The number of hydrogen-bond acceptors (Lipinski definition) is 3. The van der Waals surface area contributed by atoms with Crippen molar-refractivity contribution < 1.29 is 4.79 Å². The first-order chi connectivity index (χ1) is 7.99. The number of carbonyl (C=O) groups is 1. The van der Waals surface area contributed by atoms with Crippen LogP contribution in [0.2, 0.25) is 0 Å². The van der Waals surface area contributed by atoms with E-state index in [9.17, 15) is 4.79 Å². The van der Waals surface area contributed by atoms with Crippen LogP contribution in [0.1, 0.15) is 26.7 Å². The molecule has 0 aliphatic carbocycles. The average molecular weight is 241 g/mol. The molecule has 1 rings (SSSR count). The molecule has 0 aromatic carbocycles. The highest BCUT2D eigenvalue weighted by atomic mass is 16.2. The third kappa shape index (κ3) is 5.50. The molecule has 100 valence electrons. The fourth-order valence-electron chi connectivity index (χ4n) is 2.34. The number of hydrogen-bond donors (Lipinski definition) is 1. The van der Waals surface area contributed by atoms with Gasteiger partial charge < -0.3 is 15.1 Å². The molecule has 0 spiro atoms. The first-order valence-electron chi connectivity index (χ1n) is 6.65. The summed E-state index contributed by atoms with van der Waals surface area (Å²) in [5.41, 5.74) is 0. The Morgan fingerprint density at radius 1 is 1.53 bits per heavy atom. The number of rotatable bonds is 5. The van der Waals surface area contributed by atoms with Crippen LogP contribution in [0, 0.1) is 5.92 Å². The number of likely N-dealkylation sites (N-methyl/N-ethyl adjacent to an activating group) is 1. The van der Waals surface area contributed by atoms with Crippen LogP contribution in [-0.4, -0.2) is 62.0 Å². The fourth-order valence-corrected chi connectivity index (χ4v) is 2.34. The second-order valence-electron chi connectivity index (χ2n) is 5.58. The van der Waals surface area contributed by atoms with Gasteiger partial charge in [-0.05, 0) is 32.4 Å². The van der Waals surface area contributed by atoms with Gasteiger partial charge >= 0.3 is 0 Å². The Kier molecular flexibility index (Phi) is 5.92. The maximum absolute atomic E-state index is 11.9. The van der Waals surface area contributed by atoms with Gasteiger partial charge in [0, 0.05) is 26.2 Å². The number of carbonyl (C=O) groups excluding carboxylic acids is 1. The number of likely N-dealkylation sites (tertiary alicyclic amines) is 1. The van der Waals surface area contributed by atoms with E-state index in [0.717, 1.165) is 13.1 Å². The second-order valence-corrected chi connectivity index (χ2v) is 5.58. The largest absolute Gasteiger partial charge is 0.344 e. The Hall–Kier alpha value is -0.610. The number of piperidine rings is 1. The van der Waals surface area contributed by atoms with Crippen LogP contribution in [0.4, 0.5) is 0 Å². The Morgan fingerprint density at radius 2 is 2.24 bits per heavy atom. The SMILES string of the molecule is CC(C)NCC(=O)N(C)CC1CCCN(C)C1. The third-order valence-electron chi connectivity index (χ3n) is 3.34. The van der Waals surface area contributed by atoms with E-state index >= 15 is 0 Å². The lowest BCUT2D eigenvalue weighted by Crippen LogP contribution is -2.43. The van der Waals surface area contributed by atoms with E-state index in [-0.39, 0.29) is 5.91 Å². The zero-order chi connectivity index (χ0) is 12.8. The van der Waals surface area contributed by atoms with Crippen molar-refractivity contribution in [3.05, 3.63) is 0 Å². The van der Waals surface area contributed by atoms with Crippen molar-refractivity contribution in [2.75, 3.05) is 40.3 Å². The van der Waals surface area contributed by atoms with Gasteiger partial charge in [0.2, 0.25) is 5.91 Å². The summed E-state index contributed by atoms with van der Waals surface area (Å²) in [6.45, 7) is 7.78. The van der Waals surface area contributed by atoms with E-state index in [1.165, 1.54) is 19.4 Å². The lowest BCUT2D eigenvalue weighted by Gasteiger charge is -2.32. The van der Waals surface area contributed by atoms with Crippen molar-refractivity contribution in [1.29, 1.82) is 0 Å². The van der Waals surface area contributed by atoms with Crippen molar-refractivity contribution in [3.63, 3.8) is 0 Å². The van der Waals surface area contributed by atoms with E-state index in [4.69, 9.17) is 0 Å². The van der Waals surface area contributed by atoms with Crippen molar-refractivity contribution in [2.24, 2.45) is 5.92 Å². The predicted octanol–water partition coefficient (Wildman–Crippen LogP) is 0.785. The van der Waals surface area contributed by atoms with Crippen LogP contribution in [0.3, 0.4) is 0 Å². The van der Waals surface area contributed by atoms with Crippen molar-refractivity contribution in [2.45, 2.75) is 32.7 Å². The van der Waals surface area contributed by atoms with Crippen molar-refractivity contribution in [1.82, 2.24) is 15.1 Å². The first-order valence-corrected chi connectivity index (χ1v) is 6.65. The molecule has 0 bridgehead atoms. The fraction of sp³-hybridized carbons (Fsp3) is 0.923. The molecule has 1 unspecified atom stereocenters. The summed E-state index contributed by atoms with van der Waals surface area (Å²) >= 11 is 0. The molecule has 1 N–H and O–H groups in total. The Bertz CT molecular complexity index is 243. The molecule has 1 atom stereocenters. The summed E-state index contributed by atoms with van der Waals surface area (Å²) in [5.74, 6) is 0.841. The van der Waals surface area contributed by atoms with Crippen LogP contribution in [0.25, 0.3) is 0 Å². The Labute approximate surface area is 105 Å². The molecule has 4 nitrogen and oxygen atoms in total. The molecule has 4 heteroatoms. The molecule has 0 aromatic rings. The summed E-state index contributed by atoms with van der Waals surface area (Å²) in [7, 11) is 4.08. The number of amides is 1. The van der Waals surface area contributed by atoms with E-state index in [0.29, 0.717) is 18.5 Å². The van der Waals surface area contributed by atoms with Gasteiger partial charge in [-0.15, -0.1) is 0 Å². The molecular weight excluding hydrogens is 214 g/mol. The standard InChI is InChI=1S/C13H27N3O/c1-11(2)14-8-13(17)16(4)10-12-6-5-7-15(3)9-12/h11-12,14H,5-10H2,1-4H3. The highest BCUT2D eigenvalue weighted by Gasteiger charge is 2.20. The molecule has 1 fully saturated rings. The Balaban J connectivity index is 2.27. The minimum absolute atomic E-state index is 0.201. The van der Waals surface area contributed by atoms with Crippen molar-refractivity contribution in [3.8, 4) is 0 Å². The zero-order valence-corrected chi connectivity index (χ0v) is 11.7. The summed E-state index contributed by atoms with van der Waals surface area (Å²) in [6, 6.07) is 0.369. The van der Waals surface area contributed by atoms with E-state index in [1.54, 1.807) is 0 Å². The quantitative estimate of drug-likeness (QED) is 0.773. The molecule has 1 amide bonds. The number of nitrogens with zero attached hydrogens (tertiary/aromatic N) is 2. The van der Waals surface area contributed by atoms with Gasteiger partial charge in [0.1, 0.15) is 0 Å². The van der Waals surface area contributed by atoms with E-state index < -0.39 is 0 Å². The van der Waals surface area contributed by atoms with Crippen LogP contribution < -0.4 is 5.32 Å². The molecule has 1 heterocycles. The molecule has 1 saturated heterocycles. The monoisotopic (exact) mass is 241 g/mol. The topological polar surface area (TPSA) is 35.6 Å². The lowest BCUT2D eigenvalue weighted by molar-refractivity contribution is -0.129. The highest BCUT2D eigenvalue weighted by Crippen LogP contribution is 2.15. The van der Waals surface area contributed by atoms with Gasteiger partial charge in [-0.1, -0.05) is 13.8 Å². The van der Waals surface area contributed by atoms with Gasteiger partial charge in [-0.3, -0.25) is 4.79 Å². The normalized spacial score (nSPS) is 21.8. The zero-order valence-electron chi connectivity index (χ0n) is 11.7. The molecule has 17 heavy (non-hydrogen) atoms.